The van der Waals surface area contributed by atoms with Gasteiger partial charge in [0.05, 0.1) is 26.4 Å². The van der Waals surface area contributed by atoms with Gasteiger partial charge in [-0.2, -0.15) is 26.3 Å². The summed E-state index contributed by atoms with van der Waals surface area (Å²) in [5.41, 5.74) is -1.73. The van der Waals surface area contributed by atoms with Gasteiger partial charge in [-0.25, -0.2) is 0 Å². The van der Waals surface area contributed by atoms with Crippen molar-refractivity contribution in [2.45, 2.75) is 45.5 Å². The average Bonchev–Trinajstić information content (AvgIpc) is 3.77. The van der Waals surface area contributed by atoms with E-state index in [-0.39, 0.29) is 45.2 Å². The summed E-state index contributed by atoms with van der Waals surface area (Å²) in [5.74, 6) is -13.5. The SMILES string of the molecule is Cc1sc(-c2ccc(OCCOCCOc3ccccc3)cc2)c(C)c1C1=C(c2c(C)sc(-c3ccc(OCCOCCOc4ccccc4)cc3)c2C)C(F)(F)C(F)(F)C1(F)F. The molecule has 0 radical (unpaired) electrons. The summed E-state index contributed by atoms with van der Waals surface area (Å²) in [6.07, 6.45) is 0. The van der Waals surface area contributed by atoms with Gasteiger partial charge in [-0.3, -0.25) is 0 Å². The van der Waals surface area contributed by atoms with Gasteiger partial charge in [0.25, 0.3) is 0 Å². The molecule has 0 fully saturated rings. The van der Waals surface area contributed by atoms with E-state index >= 15 is 26.3 Å². The van der Waals surface area contributed by atoms with Crippen molar-refractivity contribution in [2.75, 3.05) is 52.9 Å². The third-order valence-electron chi connectivity index (χ3n) is 10.5. The Morgan fingerprint density at radius 2 is 0.698 bits per heavy atom. The summed E-state index contributed by atoms with van der Waals surface area (Å²) >= 11 is 2.16. The molecule has 0 aliphatic heterocycles. The highest BCUT2D eigenvalue weighted by Crippen LogP contribution is 2.67. The van der Waals surface area contributed by atoms with Gasteiger partial charge in [0.1, 0.15) is 49.4 Å². The molecular formula is C49H46F6O6S2. The number of thiophene rings is 2. The maximum absolute atomic E-state index is 16.2. The van der Waals surface area contributed by atoms with Gasteiger partial charge >= 0.3 is 17.8 Å². The highest BCUT2D eigenvalue weighted by molar-refractivity contribution is 7.16. The van der Waals surface area contributed by atoms with E-state index in [0.29, 0.717) is 72.0 Å². The Labute approximate surface area is 370 Å². The number of para-hydroxylation sites is 2. The predicted octanol–water partition coefficient (Wildman–Crippen LogP) is 13.2. The topological polar surface area (TPSA) is 55.4 Å². The molecule has 0 saturated carbocycles. The maximum atomic E-state index is 16.2. The minimum atomic E-state index is -5.69. The summed E-state index contributed by atoms with van der Waals surface area (Å²) in [7, 11) is 0. The van der Waals surface area contributed by atoms with Crippen LogP contribution in [0.3, 0.4) is 0 Å². The number of ether oxygens (including phenoxy) is 6. The van der Waals surface area contributed by atoms with Crippen LogP contribution < -0.4 is 18.9 Å². The molecule has 0 saturated heterocycles. The van der Waals surface area contributed by atoms with Crippen LogP contribution in [-0.4, -0.2) is 70.6 Å². The number of alkyl halides is 6. The van der Waals surface area contributed by atoms with Crippen LogP contribution in [0.15, 0.2) is 109 Å². The number of halogens is 6. The summed E-state index contributed by atoms with van der Waals surface area (Å²) in [6, 6.07) is 32.4. The molecule has 0 N–H and O–H groups in total. The monoisotopic (exact) mass is 908 g/mol. The van der Waals surface area contributed by atoms with E-state index in [2.05, 4.69) is 0 Å². The van der Waals surface area contributed by atoms with Crippen LogP contribution in [0, 0.1) is 27.7 Å². The molecule has 6 aromatic rings. The first-order valence-corrected chi connectivity index (χ1v) is 21.9. The summed E-state index contributed by atoms with van der Waals surface area (Å²) in [5, 5.41) is 0. The Balaban J connectivity index is 1.05. The normalized spacial score (nSPS) is 15.1. The fourth-order valence-corrected chi connectivity index (χ4v) is 9.84. The molecule has 1 aliphatic rings. The molecule has 2 heterocycles. The van der Waals surface area contributed by atoms with Gasteiger partial charge in [0, 0.05) is 41.8 Å². The highest BCUT2D eigenvalue weighted by atomic mass is 32.1. The summed E-state index contributed by atoms with van der Waals surface area (Å²) < 4.78 is 130. The summed E-state index contributed by atoms with van der Waals surface area (Å²) in [4.78, 5) is 1.40. The van der Waals surface area contributed by atoms with Crippen LogP contribution in [0.2, 0.25) is 0 Å². The zero-order valence-electron chi connectivity index (χ0n) is 35.1. The largest absolute Gasteiger partial charge is 0.491 e. The number of rotatable bonds is 20. The van der Waals surface area contributed by atoms with Crippen molar-refractivity contribution >= 4 is 33.8 Å². The molecule has 0 unspecified atom stereocenters. The van der Waals surface area contributed by atoms with E-state index in [4.69, 9.17) is 28.4 Å². The fourth-order valence-electron chi connectivity index (χ4n) is 7.50. The Morgan fingerprint density at radius 3 is 1.02 bits per heavy atom. The predicted molar refractivity (Wildman–Crippen MR) is 237 cm³/mol. The standard InChI is InChI=1S/C49H46F6O6S2/c1-31-41(33(3)62-45(31)35-15-19-39(20-16-35)60-29-25-56-23-27-58-37-11-7-5-8-12-37)43-44(48(52,53)49(54,55)47(43,50)51)42-32(2)46(63-34(42)4)36-17-21-40(22-18-36)61-30-26-57-24-28-59-38-13-9-6-10-14-38/h5-22H,23-30H2,1-4H3. The molecule has 7 rings (SSSR count). The van der Waals surface area contributed by atoms with Crippen LogP contribution in [0.1, 0.15) is 32.0 Å². The molecule has 0 bridgehead atoms. The lowest BCUT2D eigenvalue weighted by Crippen LogP contribution is -2.49. The molecule has 2 aromatic heterocycles. The smallest absolute Gasteiger partial charge is 0.380 e. The Hall–Kier alpha value is -5.28. The van der Waals surface area contributed by atoms with Gasteiger partial charge in [-0.05, 0) is 123 Å². The maximum Gasteiger partial charge on any atom is 0.380 e. The molecule has 63 heavy (non-hydrogen) atoms. The van der Waals surface area contributed by atoms with Crippen molar-refractivity contribution in [1.29, 1.82) is 0 Å². The number of hydrogen-bond acceptors (Lipinski definition) is 8. The van der Waals surface area contributed by atoms with E-state index in [1.54, 1.807) is 48.5 Å². The van der Waals surface area contributed by atoms with Crippen molar-refractivity contribution in [3.8, 4) is 43.9 Å². The Bertz CT molecular complexity index is 2310. The van der Waals surface area contributed by atoms with Crippen molar-refractivity contribution in [3.63, 3.8) is 0 Å². The van der Waals surface area contributed by atoms with E-state index in [1.165, 1.54) is 27.7 Å². The average molecular weight is 909 g/mol. The zero-order valence-corrected chi connectivity index (χ0v) is 36.7. The van der Waals surface area contributed by atoms with Crippen LogP contribution in [-0.2, 0) is 9.47 Å². The first kappa shape index (κ1) is 45.7. The third-order valence-corrected chi connectivity index (χ3v) is 13.0. The lowest BCUT2D eigenvalue weighted by molar-refractivity contribution is -0.254. The molecule has 4 aromatic carbocycles. The Kier molecular flexibility index (Phi) is 14.2. The second-order valence-corrected chi connectivity index (χ2v) is 17.2. The summed E-state index contributed by atoms with van der Waals surface area (Å²) in [6.45, 7) is 8.61. The second-order valence-electron chi connectivity index (χ2n) is 14.7. The van der Waals surface area contributed by atoms with Crippen LogP contribution >= 0.6 is 22.7 Å². The highest BCUT2D eigenvalue weighted by Gasteiger charge is 2.80. The van der Waals surface area contributed by atoms with Gasteiger partial charge in [0.15, 0.2) is 0 Å². The molecule has 332 valence electrons. The van der Waals surface area contributed by atoms with Gasteiger partial charge in [-0.1, -0.05) is 36.4 Å². The molecule has 0 spiro atoms. The van der Waals surface area contributed by atoms with Gasteiger partial charge in [0.2, 0.25) is 0 Å². The number of benzene rings is 4. The lowest BCUT2D eigenvalue weighted by Gasteiger charge is -2.26. The minimum Gasteiger partial charge on any atom is -0.491 e. The molecule has 0 atom stereocenters. The molecule has 6 nitrogen and oxygen atoms in total. The number of aryl methyl sites for hydroxylation is 2. The van der Waals surface area contributed by atoms with Crippen LogP contribution in [0.4, 0.5) is 26.3 Å². The van der Waals surface area contributed by atoms with Gasteiger partial charge < -0.3 is 28.4 Å². The van der Waals surface area contributed by atoms with Crippen LogP contribution in [0.25, 0.3) is 32.0 Å². The molecule has 1 aliphatic carbocycles. The van der Waals surface area contributed by atoms with Gasteiger partial charge in [-0.15, -0.1) is 22.7 Å². The first-order chi connectivity index (χ1) is 30.2. The third kappa shape index (κ3) is 9.64. The van der Waals surface area contributed by atoms with Crippen molar-refractivity contribution in [3.05, 3.63) is 141 Å². The fraction of sp³-hybridized carbons (Fsp3) is 0.306. The van der Waals surface area contributed by atoms with Crippen LogP contribution in [0.5, 0.6) is 23.0 Å². The lowest BCUT2D eigenvalue weighted by atomic mass is 9.90. The van der Waals surface area contributed by atoms with E-state index in [1.807, 2.05) is 60.7 Å². The van der Waals surface area contributed by atoms with Crippen molar-refractivity contribution in [1.82, 2.24) is 0 Å². The zero-order chi connectivity index (χ0) is 44.8. The van der Waals surface area contributed by atoms with E-state index < -0.39 is 28.9 Å². The molecular weight excluding hydrogens is 863 g/mol. The number of hydrogen-bond donors (Lipinski definition) is 0. The Morgan fingerprint density at radius 1 is 0.397 bits per heavy atom. The van der Waals surface area contributed by atoms with E-state index in [0.717, 1.165) is 34.2 Å². The number of allylic oxidation sites excluding steroid dienone is 2. The minimum absolute atomic E-state index is 0.199. The molecule has 14 heteroatoms. The van der Waals surface area contributed by atoms with Crippen molar-refractivity contribution in [2.24, 2.45) is 0 Å². The van der Waals surface area contributed by atoms with Crippen molar-refractivity contribution < 1.29 is 54.8 Å². The quantitative estimate of drug-likeness (QED) is 0.0562. The first-order valence-electron chi connectivity index (χ1n) is 20.3. The molecule has 0 amide bonds. The second kappa shape index (κ2) is 19.6. The van der Waals surface area contributed by atoms with E-state index in [9.17, 15) is 0 Å².